The fourth-order valence-corrected chi connectivity index (χ4v) is 3.72. The van der Waals surface area contributed by atoms with E-state index in [1.54, 1.807) is 18.3 Å². The van der Waals surface area contributed by atoms with Crippen molar-refractivity contribution in [3.63, 3.8) is 0 Å². The average Bonchev–Trinajstić information content (AvgIpc) is 2.74. The Bertz CT molecular complexity index is 1000. The van der Waals surface area contributed by atoms with Crippen LogP contribution < -0.4 is 5.32 Å². The molecule has 0 aliphatic carbocycles. The predicted molar refractivity (Wildman–Crippen MR) is 110 cm³/mol. The Hall–Kier alpha value is -3.21. The van der Waals surface area contributed by atoms with E-state index in [0.717, 1.165) is 42.4 Å². The smallest absolute Gasteiger partial charge is 0.255 e. The van der Waals surface area contributed by atoms with Gasteiger partial charge in [-0.1, -0.05) is 36.4 Å². The maximum absolute atomic E-state index is 12.9. The number of hydrogen-bond donors (Lipinski definition) is 1. The molecule has 4 rings (SSSR count). The summed E-state index contributed by atoms with van der Waals surface area (Å²) in [5.41, 5.74) is 2.82. The first-order valence-electron chi connectivity index (χ1n) is 9.73. The fraction of sp³-hybridized carbons (Fsp3) is 0.261. The molecule has 0 saturated carbocycles. The van der Waals surface area contributed by atoms with E-state index >= 15 is 0 Å². The lowest BCUT2D eigenvalue weighted by Gasteiger charge is -2.27. The number of anilines is 1. The zero-order valence-electron chi connectivity index (χ0n) is 15.7. The number of nitrogens with zero attached hydrogens (tertiary/aromatic N) is 2. The highest BCUT2D eigenvalue weighted by atomic mass is 16.2. The largest absolute Gasteiger partial charge is 0.339 e. The van der Waals surface area contributed by atoms with Crippen molar-refractivity contribution in [3.05, 3.63) is 71.9 Å². The van der Waals surface area contributed by atoms with Crippen molar-refractivity contribution in [3.8, 4) is 0 Å². The van der Waals surface area contributed by atoms with Crippen LogP contribution >= 0.6 is 0 Å². The lowest BCUT2D eigenvalue weighted by molar-refractivity contribution is -0.115. The van der Waals surface area contributed by atoms with Gasteiger partial charge in [0.05, 0.1) is 23.2 Å². The Morgan fingerprint density at radius 3 is 2.57 bits per heavy atom. The number of nitrogens with one attached hydrogen (secondary N) is 1. The summed E-state index contributed by atoms with van der Waals surface area (Å²) < 4.78 is 0. The molecule has 1 aliphatic heterocycles. The SMILES string of the molecule is O=C(Cc1cccc2cccnc12)Nc1ccccc1C(=O)N1CCCCC1. The predicted octanol–water partition coefficient (Wildman–Crippen LogP) is 4.04. The van der Waals surface area contributed by atoms with Gasteiger partial charge in [0.15, 0.2) is 0 Å². The van der Waals surface area contributed by atoms with Gasteiger partial charge in [-0.2, -0.15) is 0 Å². The molecule has 0 unspecified atom stereocenters. The van der Waals surface area contributed by atoms with Gasteiger partial charge in [-0.15, -0.1) is 0 Å². The molecule has 2 heterocycles. The van der Waals surface area contributed by atoms with Crippen LogP contribution in [0.2, 0.25) is 0 Å². The number of likely N-dealkylation sites (tertiary alicyclic amines) is 1. The molecule has 1 aliphatic rings. The van der Waals surface area contributed by atoms with Gasteiger partial charge in [0.25, 0.3) is 5.91 Å². The van der Waals surface area contributed by atoms with E-state index in [-0.39, 0.29) is 18.2 Å². The third-order valence-corrected chi connectivity index (χ3v) is 5.14. The molecule has 0 radical (unpaired) electrons. The zero-order chi connectivity index (χ0) is 19.3. The molecule has 0 atom stereocenters. The van der Waals surface area contributed by atoms with Crippen molar-refractivity contribution in [1.82, 2.24) is 9.88 Å². The van der Waals surface area contributed by atoms with Crippen molar-refractivity contribution in [2.75, 3.05) is 18.4 Å². The first kappa shape index (κ1) is 18.2. The molecular weight excluding hydrogens is 350 g/mol. The highest BCUT2D eigenvalue weighted by Crippen LogP contribution is 2.21. The van der Waals surface area contributed by atoms with Crippen LogP contribution in [-0.4, -0.2) is 34.8 Å². The van der Waals surface area contributed by atoms with Crippen LogP contribution in [0.1, 0.15) is 35.2 Å². The first-order valence-corrected chi connectivity index (χ1v) is 9.73. The third kappa shape index (κ3) is 3.88. The van der Waals surface area contributed by atoms with Crippen molar-refractivity contribution in [2.45, 2.75) is 25.7 Å². The highest BCUT2D eigenvalue weighted by molar-refractivity contribution is 6.04. The molecule has 3 aromatic rings. The second-order valence-electron chi connectivity index (χ2n) is 7.12. The molecule has 2 amide bonds. The number of hydrogen-bond acceptors (Lipinski definition) is 3. The van der Waals surface area contributed by atoms with Crippen molar-refractivity contribution < 1.29 is 9.59 Å². The summed E-state index contributed by atoms with van der Waals surface area (Å²) in [5, 5.41) is 3.94. The summed E-state index contributed by atoms with van der Waals surface area (Å²) in [6, 6.07) is 16.9. The van der Waals surface area contributed by atoms with Gasteiger partial charge in [0.2, 0.25) is 5.91 Å². The number of rotatable bonds is 4. The van der Waals surface area contributed by atoms with Crippen LogP contribution in [0.25, 0.3) is 10.9 Å². The molecular formula is C23H23N3O2. The maximum Gasteiger partial charge on any atom is 0.255 e. The molecule has 5 nitrogen and oxygen atoms in total. The van der Waals surface area contributed by atoms with Crippen LogP contribution in [0, 0.1) is 0 Å². The maximum atomic E-state index is 12.9. The number of pyridine rings is 1. The van der Waals surface area contributed by atoms with E-state index in [4.69, 9.17) is 0 Å². The van der Waals surface area contributed by atoms with Crippen LogP contribution in [0.15, 0.2) is 60.8 Å². The fourth-order valence-electron chi connectivity index (χ4n) is 3.72. The molecule has 1 fully saturated rings. The minimum absolute atomic E-state index is 0.0116. The second kappa shape index (κ2) is 8.21. The summed E-state index contributed by atoms with van der Waals surface area (Å²) in [6.45, 7) is 1.56. The Labute approximate surface area is 164 Å². The van der Waals surface area contributed by atoms with E-state index in [1.807, 2.05) is 47.4 Å². The average molecular weight is 373 g/mol. The second-order valence-corrected chi connectivity index (χ2v) is 7.12. The molecule has 1 saturated heterocycles. The molecule has 28 heavy (non-hydrogen) atoms. The summed E-state index contributed by atoms with van der Waals surface area (Å²) in [4.78, 5) is 31.9. The van der Waals surface area contributed by atoms with E-state index in [2.05, 4.69) is 10.3 Å². The number of benzene rings is 2. The lowest BCUT2D eigenvalue weighted by Crippen LogP contribution is -2.36. The summed E-state index contributed by atoms with van der Waals surface area (Å²) in [6.07, 6.45) is 5.18. The molecule has 2 aromatic carbocycles. The number of carbonyl (C=O) groups is 2. The molecule has 1 aromatic heterocycles. The third-order valence-electron chi connectivity index (χ3n) is 5.14. The van der Waals surface area contributed by atoms with Gasteiger partial charge in [-0.25, -0.2) is 0 Å². The Kier molecular flexibility index (Phi) is 5.33. The zero-order valence-corrected chi connectivity index (χ0v) is 15.7. The summed E-state index contributed by atoms with van der Waals surface area (Å²) in [5.74, 6) is -0.167. The number of carbonyl (C=O) groups excluding carboxylic acids is 2. The molecule has 142 valence electrons. The molecule has 5 heteroatoms. The van der Waals surface area contributed by atoms with Gasteiger partial charge in [0, 0.05) is 24.7 Å². The van der Waals surface area contributed by atoms with E-state index in [1.165, 1.54) is 6.42 Å². The van der Waals surface area contributed by atoms with Crippen molar-refractivity contribution in [1.29, 1.82) is 0 Å². The van der Waals surface area contributed by atoms with E-state index in [9.17, 15) is 9.59 Å². The Morgan fingerprint density at radius 2 is 1.71 bits per heavy atom. The van der Waals surface area contributed by atoms with Crippen LogP contribution in [0.5, 0.6) is 0 Å². The lowest BCUT2D eigenvalue weighted by atomic mass is 10.1. The number of amides is 2. The van der Waals surface area contributed by atoms with E-state index in [0.29, 0.717) is 11.3 Å². The summed E-state index contributed by atoms with van der Waals surface area (Å²) >= 11 is 0. The normalized spacial score (nSPS) is 14.1. The molecule has 0 bridgehead atoms. The van der Waals surface area contributed by atoms with Crippen LogP contribution in [0.4, 0.5) is 5.69 Å². The number of fused-ring (bicyclic) bond motifs is 1. The van der Waals surface area contributed by atoms with E-state index < -0.39 is 0 Å². The van der Waals surface area contributed by atoms with Crippen molar-refractivity contribution >= 4 is 28.4 Å². The molecule has 0 spiro atoms. The first-order chi connectivity index (χ1) is 13.7. The van der Waals surface area contributed by atoms with Gasteiger partial charge in [-0.05, 0) is 43.0 Å². The highest BCUT2D eigenvalue weighted by Gasteiger charge is 2.21. The summed E-state index contributed by atoms with van der Waals surface area (Å²) in [7, 11) is 0. The topological polar surface area (TPSA) is 62.3 Å². The van der Waals surface area contributed by atoms with Gasteiger partial charge in [-0.3, -0.25) is 14.6 Å². The van der Waals surface area contributed by atoms with Crippen molar-refractivity contribution in [2.24, 2.45) is 0 Å². The Balaban J connectivity index is 1.52. The van der Waals surface area contributed by atoms with Crippen LogP contribution in [-0.2, 0) is 11.2 Å². The standard InChI is InChI=1S/C23H23N3O2/c27-21(16-18-9-6-8-17-10-7-13-24-22(17)18)25-20-12-3-2-11-19(20)23(28)26-14-4-1-5-15-26/h2-3,6-13H,1,4-5,14-16H2,(H,25,27). The Morgan fingerprint density at radius 1 is 0.929 bits per heavy atom. The monoisotopic (exact) mass is 373 g/mol. The quantitative estimate of drug-likeness (QED) is 0.751. The van der Waals surface area contributed by atoms with Gasteiger partial charge >= 0.3 is 0 Å². The van der Waals surface area contributed by atoms with Gasteiger partial charge in [0.1, 0.15) is 0 Å². The van der Waals surface area contributed by atoms with Gasteiger partial charge < -0.3 is 10.2 Å². The number of para-hydroxylation sites is 2. The minimum Gasteiger partial charge on any atom is -0.339 e. The minimum atomic E-state index is -0.156. The number of aromatic nitrogens is 1. The molecule has 1 N–H and O–H groups in total. The van der Waals surface area contributed by atoms with Crippen LogP contribution in [0.3, 0.4) is 0 Å². The number of piperidine rings is 1.